The van der Waals surface area contributed by atoms with Gasteiger partial charge in [0.15, 0.2) is 6.10 Å². The molecule has 0 aliphatic rings. The largest absolute Gasteiger partial charge is 0.462 e. The molecule has 0 rings (SSSR count). The number of carbonyl (C=O) groups excluding carboxylic acids is 3. The second-order valence-electron chi connectivity index (χ2n) is 19.2. The third kappa shape index (κ3) is 56.9. The van der Waals surface area contributed by atoms with Crippen molar-refractivity contribution in [1.82, 2.24) is 0 Å². The van der Waals surface area contributed by atoms with E-state index in [-0.39, 0.29) is 37.5 Å². The number of allylic oxidation sites excluding steroid dienone is 18. The van der Waals surface area contributed by atoms with Gasteiger partial charge in [0.1, 0.15) is 13.2 Å². The summed E-state index contributed by atoms with van der Waals surface area (Å²) in [5, 5.41) is 0. The molecule has 0 aromatic rings. The number of rotatable bonds is 52. The van der Waals surface area contributed by atoms with Gasteiger partial charge < -0.3 is 14.2 Å². The molecule has 0 heterocycles. The first-order valence-electron chi connectivity index (χ1n) is 29.4. The van der Waals surface area contributed by atoms with E-state index in [9.17, 15) is 14.4 Å². The summed E-state index contributed by atoms with van der Waals surface area (Å²) in [7, 11) is 0. The predicted molar refractivity (Wildman–Crippen MR) is 307 cm³/mol. The van der Waals surface area contributed by atoms with Crippen molar-refractivity contribution in [3.63, 3.8) is 0 Å². The fraction of sp³-hybridized carbons (Fsp3) is 0.677. The van der Waals surface area contributed by atoms with Gasteiger partial charge in [-0.1, -0.05) is 233 Å². The second kappa shape index (κ2) is 58.6. The van der Waals surface area contributed by atoms with Crippen LogP contribution < -0.4 is 0 Å². The number of hydrogen-bond donors (Lipinski definition) is 0. The molecule has 1 atom stereocenters. The molecular formula is C65H108O6. The first-order valence-corrected chi connectivity index (χ1v) is 29.4. The zero-order valence-electron chi connectivity index (χ0n) is 46.2. The lowest BCUT2D eigenvalue weighted by molar-refractivity contribution is -0.167. The quantitative estimate of drug-likeness (QED) is 0.0261. The third-order valence-electron chi connectivity index (χ3n) is 12.2. The van der Waals surface area contributed by atoms with Crippen LogP contribution in [0.15, 0.2) is 109 Å². The Hall–Kier alpha value is -3.93. The smallest absolute Gasteiger partial charge is 0.306 e. The summed E-state index contributed by atoms with van der Waals surface area (Å²) in [6.45, 7) is 6.45. The first-order chi connectivity index (χ1) is 35.0. The van der Waals surface area contributed by atoms with E-state index < -0.39 is 6.10 Å². The summed E-state index contributed by atoms with van der Waals surface area (Å²) in [5.41, 5.74) is 0. The van der Waals surface area contributed by atoms with Crippen LogP contribution in [0.5, 0.6) is 0 Å². The van der Waals surface area contributed by atoms with Gasteiger partial charge in [-0.05, 0) is 122 Å². The topological polar surface area (TPSA) is 78.9 Å². The van der Waals surface area contributed by atoms with Crippen LogP contribution in [0.25, 0.3) is 0 Å². The molecule has 0 radical (unpaired) electrons. The van der Waals surface area contributed by atoms with E-state index in [1.54, 1.807) is 0 Å². The maximum Gasteiger partial charge on any atom is 0.306 e. The molecule has 0 bridgehead atoms. The van der Waals surface area contributed by atoms with Crippen molar-refractivity contribution in [2.75, 3.05) is 13.2 Å². The lowest BCUT2D eigenvalue weighted by atomic mass is 10.1. The van der Waals surface area contributed by atoms with Crippen LogP contribution in [0.2, 0.25) is 0 Å². The molecule has 0 aliphatic heterocycles. The molecule has 0 aromatic carbocycles. The van der Waals surface area contributed by atoms with Gasteiger partial charge in [-0.2, -0.15) is 0 Å². The van der Waals surface area contributed by atoms with E-state index >= 15 is 0 Å². The molecule has 0 N–H and O–H groups in total. The fourth-order valence-corrected chi connectivity index (χ4v) is 7.83. The molecule has 404 valence electrons. The molecule has 0 aliphatic carbocycles. The van der Waals surface area contributed by atoms with Gasteiger partial charge in [0.2, 0.25) is 0 Å². The lowest BCUT2D eigenvalue weighted by Crippen LogP contribution is -2.30. The highest BCUT2D eigenvalue weighted by molar-refractivity contribution is 5.71. The highest BCUT2D eigenvalue weighted by Gasteiger charge is 2.19. The molecule has 0 aromatic heterocycles. The third-order valence-corrected chi connectivity index (χ3v) is 12.2. The summed E-state index contributed by atoms with van der Waals surface area (Å²) < 4.78 is 16.8. The normalized spacial score (nSPS) is 12.9. The van der Waals surface area contributed by atoms with Gasteiger partial charge >= 0.3 is 17.9 Å². The lowest BCUT2D eigenvalue weighted by Gasteiger charge is -2.18. The van der Waals surface area contributed by atoms with Gasteiger partial charge in [-0.15, -0.1) is 0 Å². The van der Waals surface area contributed by atoms with Crippen LogP contribution >= 0.6 is 0 Å². The minimum Gasteiger partial charge on any atom is -0.462 e. The summed E-state index contributed by atoms with van der Waals surface area (Å²) >= 11 is 0. The predicted octanol–water partition coefficient (Wildman–Crippen LogP) is 19.9. The van der Waals surface area contributed by atoms with Crippen molar-refractivity contribution in [2.45, 2.75) is 271 Å². The molecular weight excluding hydrogens is 877 g/mol. The van der Waals surface area contributed by atoms with Crippen LogP contribution in [0, 0.1) is 0 Å². The molecule has 0 saturated carbocycles. The average Bonchev–Trinajstić information content (AvgIpc) is 3.37. The zero-order valence-corrected chi connectivity index (χ0v) is 46.2. The number of hydrogen-bond acceptors (Lipinski definition) is 6. The fourth-order valence-electron chi connectivity index (χ4n) is 7.83. The monoisotopic (exact) mass is 985 g/mol. The molecule has 6 heteroatoms. The van der Waals surface area contributed by atoms with Gasteiger partial charge in [-0.25, -0.2) is 0 Å². The maximum absolute atomic E-state index is 12.9. The van der Waals surface area contributed by atoms with E-state index in [1.807, 2.05) is 0 Å². The van der Waals surface area contributed by atoms with Crippen molar-refractivity contribution < 1.29 is 28.6 Å². The van der Waals surface area contributed by atoms with E-state index in [4.69, 9.17) is 14.2 Å². The van der Waals surface area contributed by atoms with Gasteiger partial charge in [0.25, 0.3) is 0 Å². The highest BCUT2D eigenvalue weighted by Crippen LogP contribution is 2.14. The van der Waals surface area contributed by atoms with Gasteiger partial charge in [0.05, 0.1) is 0 Å². The van der Waals surface area contributed by atoms with Crippen LogP contribution in [-0.4, -0.2) is 37.2 Å². The van der Waals surface area contributed by atoms with Crippen molar-refractivity contribution >= 4 is 17.9 Å². The molecule has 0 spiro atoms. The summed E-state index contributed by atoms with van der Waals surface area (Å²) in [5.74, 6) is -0.999. The first kappa shape index (κ1) is 67.1. The highest BCUT2D eigenvalue weighted by atomic mass is 16.6. The van der Waals surface area contributed by atoms with E-state index in [2.05, 4.69) is 130 Å². The minimum atomic E-state index is -0.817. The molecule has 0 saturated heterocycles. The van der Waals surface area contributed by atoms with Crippen molar-refractivity contribution in [3.8, 4) is 0 Å². The molecule has 0 fully saturated rings. The van der Waals surface area contributed by atoms with Crippen molar-refractivity contribution in [2.24, 2.45) is 0 Å². The number of ether oxygens (including phenoxy) is 3. The Morgan fingerprint density at radius 2 is 0.563 bits per heavy atom. The van der Waals surface area contributed by atoms with Crippen LogP contribution in [0.3, 0.4) is 0 Å². The summed E-state index contributed by atoms with van der Waals surface area (Å²) in [6, 6.07) is 0. The maximum atomic E-state index is 12.9. The minimum absolute atomic E-state index is 0.114. The Morgan fingerprint density at radius 3 is 0.944 bits per heavy atom. The van der Waals surface area contributed by atoms with E-state index in [0.717, 1.165) is 96.3 Å². The Kier molecular flexibility index (Phi) is 55.4. The van der Waals surface area contributed by atoms with Crippen molar-refractivity contribution in [1.29, 1.82) is 0 Å². The van der Waals surface area contributed by atoms with E-state index in [1.165, 1.54) is 122 Å². The van der Waals surface area contributed by atoms with Gasteiger partial charge in [0, 0.05) is 19.3 Å². The zero-order chi connectivity index (χ0) is 51.4. The second-order valence-corrected chi connectivity index (χ2v) is 19.2. The molecule has 6 nitrogen and oxygen atoms in total. The van der Waals surface area contributed by atoms with Crippen LogP contribution in [0.1, 0.15) is 265 Å². The number of unbranched alkanes of at least 4 members (excludes halogenated alkanes) is 23. The van der Waals surface area contributed by atoms with Crippen molar-refractivity contribution in [3.05, 3.63) is 109 Å². The summed E-state index contributed by atoms with van der Waals surface area (Å²) in [4.78, 5) is 38.2. The average molecular weight is 986 g/mol. The SMILES string of the molecule is CC/C=C\C/C=C\C/C=C\C/C=C\C/C=C\CCCCCC(=O)OC[C@H](COC(=O)CCC/C=C\C/C=C\C/C=C\CCCCCCCC)OC(=O)CCCCCCCCC/C=C\CCCCCCCC. The Labute approximate surface area is 438 Å². The Balaban J connectivity index is 4.53. The van der Waals surface area contributed by atoms with E-state index in [0.29, 0.717) is 19.3 Å². The standard InChI is InChI=1S/C65H108O6/c1-4-7-10-13-16-19-22-25-28-31-32-35-37-40-43-46-49-52-55-58-64(67)70-61-62(71-65(68)59-56-53-50-47-44-41-38-34-30-27-24-21-18-15-12-9-6-3)60-69-63(66)57-54-51-48-45-42-39-36-33-29-26-23-20-17-14-11-8-5-2/h7,10,16,19,25-30,32,35-36,39-40,43,45,48,62H,4-6,8-9,11-15,17-18,20-24,31,33-34,37-38,41-42,44,46-47,49-61H2,1-3H3/b10-7-,19-16-,28-25-,29-26-,30-27-,35-32-,39-36-,43-40-,48-45-/t62-/m0/s1. The Bertz CT molecular complexity index is 1460. The number of carbonyl (C=O) groups is 3. The number of esters is 3. The molecule has 0 unspecified atom stereocenters. The van der Waals surface area contributed by atoms with Gasteiger partial charge in [-0.3, -0.25) is 14.4 Å². The van der Waals surface area contributed by atoms with Crippen LogP contribution in [-0.2, 0) is 28.6 Å². The summed E-state index contributed by atoms with van der Waals surface area (Å²) in [6.07, 6.45) is 79.4. The Morgan fingerprint density at radius 1 is 0.296 bits per heavy atom. The van der Waals surface area contributed by atoms with Crippen LogP contribution in [0.4, 0.5) is 0 Å². The molecule has 71 heavy (non-hydrogen) atoms. The molecule has 0 amide bonds.